The maximum absolute atomic E-state index is 13.6. The zero-order valence-electron chi connectivity index (χ0n) is 20.0. The van der Waals surface area contributed by atoms with Gasteiger partial charge in [0.2, 0.25) is 0 Å². The second-order valence-corrected chi connectivity index (χ2v) is 9.69. The van der Waals surface area contributed by atoms with Gasteiger partial charge in [-0.15, -0.1) is 16.4 Å². The number of unbranched alkanes of at least 4 members (excludes halogenated alkanes) is 1. The van der Waals surface area contributed by atoms with Crippen molar-refractivity contribution >= 4 is 27.2 Å². The molecule has 0 amide bonds. The van der Waals surface area contributed by atoms with Crippen molar-refractivity contribution in [2.24, 2.45) is 0 Å². The average molecular weight is 507 g/mol. The highest BCUT2D eigenvalue weighted by Crippen LogP contribution is 2.35. The minimum Gasteiger partial charge on any atom is -0.397 e. The largest absolute Gasteiger partial charge is 0.397 e. The highest BCUT2D eigenvalue weighted by atomic mass is 32.1. The topological polar surface area (TPSA) is 139 Å². The standard InChI is InChI=1S/C27H22N8OS/c1-2-3-9-19-11-20-26(37-19)31-16-35(27(20)36)23-10-18(12-28)25(30)21(13-29)24(23)22-15-34(33-32-22)14-17-7-5-4-6-8-17/h4-8,10-11,15-16H,2-3,9,14,30H2,1H3. The number of thiophene rings is 1. The van der Waals surface area contributed by atoms with Gasteiger partial charge in [0.05, 0.1) is 40.6 Å². The number of anilines is 1. The molecule has 9 nitrogen and oxygen atoms in total. The Bertz CT molecular complexity index is 1750. The smallest absolute Gasteiger partial charge is 0.266 e. The van der Waals surface area contributed by atoms with E-state index in [0.717, 1.165) is 29.7 Å². The molecule has 10 heteroatoms. The van der Waals surface area contributed by atoms with Crippen molar-refractivity contribution in [1.82, 2.24) is 24.5 Å². The lowest BCUT2D eigenvalue weighted by Crippen LogP contribution is -2.20. The van der Waals surface area contributed by atoms with E-state index in [1.54, 1.807) is 10.9 Å². The summed E-state index contributed by atoms with van der Waals surface area (Å²) in [6.45, 7) is 2.59. The van der Waals surface area contributed by atoms with E-state index < -0.39 is 0 Å². The van der Waals surface area contributed by atoms with Gasteiger partial charge in [-0.1, -0.05) is 48.9 Å². The maximum atomic E-state index is 13.6. The molecule has 0 radical (unpaired) electrons. The minimum absolute atomic E-state index is 0.0285. The Morgan fingerprint density at radius 3 is 2.68 bits per heavy atom. The van der Waals surface area contributed by atoms with Gasteiger partial charge in [-0.2, -0.15) is 10.5 Å². The first-order chi connectivity index (χ1) is 18.0. The zero-order valence-corrected chi connectivity index (χ0v) is 20.9. The molecule has 0 saturated heterocycles. The number of aromatic nitrogens is 5. The summed E-state index contributed by atoms with van der Waals surface area (Å²) in [6.07, 6.45) is 6.09. The van der Waals surface area contributed by atoms with Gasteiger partial charge in [0.1, 0.15) is 29.0 Å². The van der Waals surface area contributed by atoms with Gasteiger partial charge in [-0.05, 0) is 30.5 Å². The van der Waals surface area contributed by atoms with Crippen LogP contribution >= 0.6 is 11.3 Å². The van der Waals surface area contributed by atoms with Crippen LogP contribution < -0.4 is 11.3 Å². The number of nitriles is 2. The summed E-state index contributed by atoms with van der Waals surface area (Å²) in [7, 11) is 0. The van der Waals surface area contributed by atoms with Crippen LogP contribution in [0.25, 0.3) is 27.2 Å². The quantitative estimate of drug-likeness (QED) is 0.322. The average Bonchev–Trinajstić information content (AvgIpc) is 3.55. The molecule has 3 aromatic heterocycles. The van der Waals surface area contributed by atoms with Crippen molar-refractivity contribution in [3.05, 3.63) is 86.9 Å². The van der Waals surface area contributed by atoms with Crippen molar-refractivity contribution in [2.75, 3.05) is 5.73 Å². The molecule has 0 fully saturated rings. The molecule has 0 spiro atoms. The summed E-state index contributed by atoms with van der Waals surface area (Å²) in [5.41, 5.74) is 8.09. The molecule has 0 unspecified atom stereocenters. The number of aryl methyl sites for hydroxylation is 1. The van der Waals surface area contributed by atoms with Crippen LogP contribution in [0.4, 0.5) is 5.69 Å². The molecule has 0 atom stereocenters. The summed E-state index contributed by atoms with van der Waals surface area (Å²) in [4.78, 5) is 19.9. The lowest BCUT2D eigenvalue weighted by Gasteiger charge is -2.14. The molecule has 2 N–H and O–H groups in total. The zero-order chi connectivity index (χ0) is 25.9. The first-order valence-electron chi connectivity index (χ1n) is 11.8. The molecular formula is C27H22N8OS. The van der Waals surface area contributed by atoms with Crippen LogP contribution in [0.5, 0.6) is 0 Å². The van der Waals surface area contributed by atoms with E-state index in [1.165, 1.54) is 28.3 Å². The predicted octanol–water partition coefficient (Wildman–Crippen LogP) is 4.42. The van der Waals surface area contributed by atoms with Gasteiger partial charge in [0, 0.05) is 10.4 Å². The van der Waals surface area contributed by atoms with Gasteiger partial charge >= 0.3 is 0 Å². The number of fused-ring (bicyclic) bond motifs is 1. The highest BCUT2D eigenvalue weighted by Gasteiger charge is 2.23. The molecule has 2 aromatic carbocycles. The van der Waals surface area contributed by atoms with Crippen molar-refractivity contribution in [3.8, 4) is 29.1 Å². The fourth-order valence-corrected chi connectivity index (χ4v) is 5.25. The van der Waals surface area contributed by atoms with Crippen LogP contribution in [0.15, 0.2) is 59.8 Å². The molecular weight excluding hydrogens is 484 g/mol. The number of rotatable bonds is 7. The second-order valence-electron chi connectivity index (χ2n) is 8.57. The Morgan fingerprint density at radius 2 is 1.95 bits per heavy atom. The number of nitrogen functional groups attached to an aromatic ring is 1. The maximum Gasteiger partial charge on any atom is 0.266 e. The van der Waals surface area contributed by atoms with Crippen LogP contribution in [0.2, 0.25) is 0 Å². The van der Waals surface area contributed by atoms with E-state index in [9.17, 15) is 15.3 Å². The molecule has 5 aromatic rings. The third kappa shape index (κ3) is 4.46. The number of hydrogen-bond donors (Lipinski definition) is 1. The fourth-order valence-electron chi connectivity index (χ4n) is 4.22. The summed E-state index contributed by atoms with van der Waals surface area (Å²) in [6, 6.07) is 17.3. The Balaban J connectivity index is 1.69. The van der Waals surface area contributed by atoms with Gasteiger partial charge in [-0.25, -0.2) is 9.67 Å². The lowest BCUT2D eigenvalue weighted by molar-refractivity contribution is 0.650. The molecule has 182 valence electrons. The summed E-state index contributed by atoms with van der Waals surface area (Å²) < 4.78 is 3.00. The Hall–Kier alpha value is -4.80. The summed E-state index contributed by atoms with van der Waals surface area (Å²) in [5.74, 6) is 0. The summed E-state index contributed by atoms with van der Waals surface area (Å²) >= 11 is 1.50. The minimum atomic E-state index is -0.292. The first-order valence-corrected chi connectivity index (χ1v) is 12.6. The molecule has 0 bridgehead atoms. The number of nitrogens with zero attached hydrogens (tertiary/aromatic N) is 7. The first kappa shape index (κ1) is 23.9. The number of nitrogens with two attached hydrogens (primary N) is 1. The van der Waals surface area contributed by atoms with E-state index in [1.807, 2.05) is 42.5 Å². The van der Waals surface area contributed by atoms with Crippen LogP contribution in [0, 0.1) is 22.7 Å². The van der Waals surface area contributed by atoms with E-state index in [2.05, 4.69) is 28.3 Å². The molecule has 0 aliphatic rings. The van der Waals surface area contributed by atoms with E-state index >= 15 is 0 Å². The van der Waals surface area contributed by atoms with Crippen LogP contribution in [-0.2, 0) is 13.0 Å². The van der Waals surface area contributed by atoms with Crippen LogP contribution in [0.1, 0.15) is 41.3 Å². The monoisotopic (exact) mass is 506 g/mol. The fraction of sp³-hybridized carbons (Fsp3) is 0.185. The molecule has 0 aliphatic carbocycles. The molecule has 37 heavy (non-hydrogen) atoms. The van der Waals surface area contributed by atoms with Crippen molar-refractivity contribution in [2.45, 2.75) is 32.7 Å². The Kier molecular flexibility index (Phi) is 6.50. The second kappa shape index (κ2) is 10.1. The van der Waals surface area contributed by atoms with Crippen molar-refractivity contribution in [1.29, 1.82) is 10.5 Å². The number of hydrogen-bond acceptors (Lipinski definition) is 8. The van der Waals surface area contributed by atoms with E-state index in [0.29, 0.717) is 33.7 Å². The van der Waals surface area contributed by atoms with Gasteiger partial charge in [-0.3, -0.25) is 9.36 Å². The van der Waals surface area contributed by atoms with Crippen molar-refractivity contribution < 1.29 is 0 Å². The number of benzene rings is 2. The van der Waals surface area contributed by atoms with E-state index in [-0.39, 0.29) is 22.4 Å². The summed E-state index contributed by atoms with van der Waals surface area (Å²) in [5, 5.41) is 28.7. The van der Waals surface area contributed by atoms with Gasteiger partial charge < -0.3 is 5.73 Å². The third-order valence-corrected chi connectivity index (χ3v) is 7.20. The van der Waals surface area contributed by atoms with Crippen LogP contribution in [0.3, 0.4) is 0 Å². The molecule has 0 aliphatic heterocycles. The highest BCUT2D eigenvalue weighted by molar-refractivity contribution is 7.18. The Morgan fingerprint density at radius 1 is 1.14 bits per heavy atom. The lowest BCUT2D eigenvalue weighted by atomic mass is 9.97. The van der Waals surface area contributed by atoms with Crippen LogP contribution in [-0.4, -0.2) is 24.5 Å². The van der Waals surface area contributed by atoms with Gasteiger partial charge in [0.25, 0.3) is 5.56 Å². The third-order valence-electron chi connectivity index (χ3n) is 6.10. The van der Waals surface area contributed by atoms with E-state index in [4.69, 9.17) is 5.73 Å². The van der Waals surface area contributed by atoms with Crippen molar-refractivity contribution in [3.63, 3.8) is 0 Å². The molecule has 0 saturated carbocycles. The molecule has 3 heterocycles. The Labute approximate surface area is 216 Å². The van der Waals surface area contributed by atoms with Gasteiger partial charge in [0.15, 0.2) is 0 Å². The SMILES string of the molecule is CCCCc1cc2c(=O)n(-c3cc(C#N)c(N)c(C#N)c3-c3cn(Cc4ccccc4)nn3)cnc2s1. The molecule has 5 rings (SSSR count). The normalized spacial score (nSPS) is 10.9. The predicted molar refractivity (Wildman–Crippen MR) is 142 cm³/mol.